The molecule has 9 amide bonds. The highest BCUT2D eigenvalue weighted by molar-refractivity contribution is 6.05. The van der Waals surface area contributed by atoms with E-state index in [0.29, 0.717) is 94.7 Å². The Morgan fingerprint density at radius 1 is 0.506 bits per heavy atom. The van der Waals surface area contributed by atoms with Crippen LogP contribution in [0.5, 0.6) is 5.75 Å². The summed E-state index contributed by atoms with van der Waals surface area (Å²) in [5, 5.41) is 36.9. The van der Waals surface area contributed by atoms with Crippen LogP contribution in [-0.4, -0.2) is 108 Å². The number of benzene rings is 4. The van der Waals surface area contributed by atoms with Gasteiger partial charge in [0.05, 0.1) is 0 Å². The third-order valence-corrected chi connectivity index (χ3v) is 14.4. The Balaban J connectivity index is 0.989. The van der Waals surface area contributed by atoms with E-state index in [1.54, 1.807) is 48.5 Å². The van der Waals surface area contributed by atoms with Crippen molar-refractivity contribution in [2.24, 2.45) is 0 Å². The molecule has 5 rings (SSSR count). The number of para-hydroxylation sites is 1. The Kier molecular flexibility index (Phi) is 29.8. The summed E-state index contributed by atoms with van der Waals surface area (Å²) in [4.78, 5) is 117. The summed E-state index contributed by atoms with van der Waals surface area (Å²) in [6, 6.07) is 28.6. The summed E-state index contributed by atoms with van der Waals surface area (Å²) in [6.45, 7) is 9.35. The van der Waals surface area contributed by atoms with Gasteiger partial charge in [-0.05, 0) is 114 Å². The Morgan fingerprint density at radius 2 is 1.00 bits per heavy atom. The zero-order chi connectivity index (χ0) is 62.9. The Morgan fingerprint density at radius 3 is 1.54 bits per heavy atom. The SMILES string of the molecule is C[C@H](NC(=O)[C@H](Cc1ccc(OCc2ccccc2)cc1)NC(=O)CCCCCNC(=O)CCCCCNC(=O)CCCCCNC(=O)CCCCCNC(=O)OC(C)(C)C)C(=O)N[C@@H](C[C@]1(O)C(=O)Nc2ccccc21)C(=O)NCc1ccccc1. The minimum absolute atomic E-state index is 0.000166. The van der Waals surface area contributed by atoms with Gasteiger partial charge in [0.15, 0.2) is 5.60 Å². The first kappa shape index (κ1) is 69.4. The number of ether oxygens (including phenoxy) is 2. The minimum Gasteiger partial charge on any atom is -0.489 e. The lowest BCUT2D eigenvalue weighted by atomic mass is 9.88. The molecule has 0 spiro atoms. The second-order valence-electron chi connectivity index (χ2n) is 23.0. The first-order valence-corrected chi connectivity index (χ1v) is 30.7. The van der Waals surface area contributed by atoms with E-state index >= 15 is 0 Å². The number of unbranched alkanes of at least 4 members (excludes halogenated alkanes) is 8. The molecule has 1 aliphatic rings. The van der Waals surface area contributed by atoms with Gasteiger partial charge >= 0.3 is 6.09 Å². The standard InChI is InChI=1S/C66H91N9O12/c1-47(60(80)74-55(61(81)71-45-49-25-11-5-12-26-49)44-66(85)52-29-19-20-30-53(52)75-63(66)83)72-62(82)54(43-48-35-37-51(38-36-48)86-46-50-27-13-6-14-28-50)73-59(79)34-18-10-23-41-69-57(77)32-16-8-21-39-67-56(76)31-15-7-22-40-68-58(78)33-17-9-24-42-70-64(84)87-65(2,3)4/h5-6,11-14,19-20,25-30,35-38,47,54-55,85H,7-10,15-18,21-24,31-34,39-46H2,1-4H3,(H,67,76)(H,68,78)(H,69,77)(H,70,84)(H,71,81)(H,72,82)(H,73,79)(H,74,80)(H,75,83)/t47-,54-,55-,66+/m0/s1. The summed E-state index contributed by atoms with van der Waals surface area (Å²) >= 11 is 0. The van der Waals surface area contributed by atoms with Crippen LogP contribution in [-0.2, 0) is 68.3 Å². The van der Waals surface area contributed by atoms with Gasteiger partial charge in [-0.1, -0.05) is 117 Å². The average molecular weight is 1200 g/mol. The van der Waals surface area contributed by atoms with E-state index < -0.39 is 65.5 Å². The molecule has 87 heavy (non-hydrogen) atoms. The van der Waals surface area contributed by atoms with E-state index in [-0.39, 0.29) is 48.6 Å². The molecule has 0 aliphatic carbocycles. The van der Waals surface area contributed by atoms with Crippen LogP contribution in [0.4, 0.5) is 10.5 Å². The molecule has 4 atom stereocenters. The van der Waals surface area contributed by atoms with Crippen molar-refractivity contribution in [2.75, 3.05) is 31.5 Å². The number of fused-ring (bicyclic) bond motifs is 1. The minimum atomic E-state index is -2.16. The van der Waals surface area contributed by atoms with E-state index in [0.717, 1.165) is 62.5 Å². The fourth-order valence-electron chi connectivity index (χ4n) is 9.57. The molecule has 0 unspecified atom stereocenters. The normalized spacial score (nSPS) is 14.4. The van der Waals surface area contributed by atoms with Crippen LogP contribution in [0.2, 0.25) is 0 Å². The number of carbonyl (C=O) groups excluding carboxylic acids is 9. The van der Waals surface area contributed by atoms with Crippen LogP contribution in [0.1, 0.15) is 159 Å². The van der Waals surface area contributed by atoms with Crippen molar-refractivity contribution in [1.82, 2.24) is 42.5 Å². The highest BCUT2D eigenvalue weighted by atomic mass is 16.6. The van der Waals surface area contributed by atoms with Gasteiger partial charge in [-0.25, -0.2) is 4.79 Å². The summed E-state index contributed by atoms with van der Waals surface area (Å²) < 4.78 is 11.2. The van der Waals surface area contributed by atoms with E-state index in [9.17, 15) is 48.3 Å². The molecular weight excluding hydrogens is 1110 g/mol. The summed E-state index contributed by atoms with van der Waals surface area (Å²) in [5.74, 6) is -2.73. The molecule has 21 heteroatoms. The highest BCUT2D eigenvalue weighted by Gasteiger charge is 2.48. The Bertz CT molecular complexity index is 2830. The van der Waals surface area contributed by atoms with Gasteiger partial charge in [0.1, 0.15) is 36.1 Å². The van der Waals surface area contributed by atoms with Crippen LogP contribution >= 0.6 is 0 Å². The maximum absolute atomic E-state index is 14.1. The third kappa shape index (κ3) is 26.9. The summed E-state index contributed by atoms with van der Waals surface area (Å²) in [6.07, 6.45) is 9.02. The van der Waals surface area contributed by atoms with Gasteiger partial charge in [-0.2, -0.15) is 0 Å². The fraction of sp³-hybridized carbons (Fsp3) is 0.500. The Hall–Kier alpha value is -8.33. The molecule has 1 aliphatic heterocycles. The molecule has 4 aromatic rings. The smallest absolute Gasteiger partial charge is 0.407 e. The number of hydrogen-bond donors (Lipinski definition) is 10. The van der Waals surface area contributed by atoms with Crippen LogP contribution in [0, 0.1) is 0 Å². The maximum Gasteiger partial charge on any atom is 0.407 e. The number of alkyl carbamates (subject to hydrolysis) is 1. The van der Waals surface area contributed by atoms with Crippen molar-refractivity contribution in [2.45, 2.75) is 186 Å². The molecule has 10 N–H and O–H groups in total. The first-order valence-electron chi connectivity index (χ1n) is 30.7. The van der Waals surface area contributed by atoms with Crippen molar-refractivity contribution in [3.05, 3.63) is 131 Å². The fourth-order valence-corrected chi connectivity index (χ4v) is 9.57. The number of amides is 9. The Labute approximate surface area is 511 Å². The number of anilines is 1. The molecule has 0 radical (unpaired) electrons. The second kappa shape index (κ2) is 37.3. The molecule has 21 nitrogen and oxygen atoms in total. The van der Waals surface area contributed by atoms with E-state index in [1.165, 1.54) is 6.92 Å². The molecule has 4 aromatic carbocycles. The molecule has 472 valence electrons. The monoisotopic (exact) mass is 1200 g/mol. The van der Waals surface area contributed by atoms with Crippen LogP contribution < -0.4 is 52.6 Å². The summed E-state index contributed by atoms with van der Waals surface area (Å²) in [5.41, 5.74) is 0.403. The number of rotatable bonds is 39. The van der Waals surface area contributed by atoms with Crippen molar-refractivity contribution in [1.29, 1.82) is 0 Å². The maximum atomic E-state index is 14.1. The number of hydrogen-bond acceptors (Lipinski definition) is 12. The summed E-state index contributed by atoms with van der Waals surface area (Å²) in [7, 11) is 0. The van der Waals surface area contributed by atoms with Gasteiger partial charge in [0.25, 0.3) is 5.91 Å². The van der Waals surface area contributed by atoms with Gasteiger partial charge < -0.3 is 62.4 Å². The number of aliphatic hydroxyl groups is 1. The predicted octanol–water partition coefficient (Wildman–Crippen LogP) is 6.94. The largest absolute Gasteiger partial charge is 0.489 e. The molecule has 0 aromatic heterocycles. The molecule has 0 bridgehead atoms. The van der Waals surface area contributed by atoms with E-state index in [1.807, 2.05) is 81.4 Å². The first-order chi connectivity index (χ1) is 41.8. The number of nitrogens with one attached hydrogen (secondary N) is 9. The quantitative estimate of drug-likeness (QED) is 0.0203. The zero-order valence-electron chi connectivity index (χ0n) is 51.0. The van der Waals surface area contributed by atoms with Gasteiger partial charge in [-0.15, -0.1) is 0 Å². The van der Waals surface area contributed by atoms with Gasteiger partial charge in [0, 0.05) is 82.5 Å². The molecule has 0 fully saturated rings. The van der Waals surface area contributed by atoms with E-state index in [2.05, 4.69) is 47.9 Å². The molecule has 1 heterocycles. The third-order valence-electron chi connectivity index (χ3n) is 14.4. The second-order valence-corrected chi connectivity index (χ2v) is 23.0. The van der Waals surface area contributed by atoms with Crippen molar-refractivity contribution >= 4 is 59.0 Å². The van der Waals surface area contributed by atoms with Crippen molar-refractivity contribution < 1.29 is 57.7 Å². The molecule has 0 saturated heterocycles. The van der Waals surface area contributed by atoms with Crippen LogP contribution in [0.25, 0.3) is 0 Å². The topological polar surface area (TPSA) is 301 Å². The van der Waals surface area contributed by atoms with Gasteiger partial charge in [0.2, 0.25) is 41.4 Å². The lowest BCUT2D eigenvalue weighted by molar-refractivity contribution is -0.139. The van der Waals surface area contributed by atoms with Crippen molar-refractivity contribution in [3.8, 4) is 5.75 Å². The number of carbonyl (C=O) groups is 9. The highest BCUT2D eigenvalue weighted by Crippen LogP contribution is 2.39. The van der Waals surface area contributed by atoms with Crippen LogP contribution in [0.3, 0.4) is 0 Å². The average Bonchev–Trinajstić information content (AvgIpc) is 1.75. The lowest BCUT2D eigenvalue weighted by Crippen LogP contribution is -2.57. The van der Waals surface area contributed by atoms with Gasteiger partial charge in [-0.3, -0.25) is 38.4 Å². The van der Waals surface area contributed by atoms with E-state index in [4.69, 9.17) is 9.47 Å². The predicted molar refractivity (Wildman–Crippen MR) is 331 cm³/mol. The van der Waals surface area contributed by atoms with Crippen molar-refractivity contribution in [3.63, 3.8) is 0 Å². The zero-order valence-corrected chi connectivity index (χ0v) is 51.0. The molecular formula is C66H91N9O12. The molecule has 0 saturated carbocycles. The van der Waals surface area contributed by atoms with Crippen LogP contribution in [0.15, 0.2) is 109 Å². The lowest BCUT2D eigenvalue weighted by Gasteiger charge is -2.28.